The minimum atomic E-state index is -0.957. The molecule has 3 N–H and O–H groups in total. The largest absolute Gasteiger partial charge is 0.478 e. The van der Waals surface area contributed by atoms with E-state index in [0.717, 1.165) is 12.0 Å². The predicted octanol–water partition coefficient (Wildman–Crippen LogP) is 2.15. The van der Waals surface area contributed by atoms with Crippen LogP contribution in [0.2, 0.25) is 0 Å². The molecule has 0 aliphatic carbocycles. The van der Waals surface area contributed by atoms with Gasteiger partial charge in [-0.2, -0.15) is 0 Å². The Hall–Kier alpha value is -2.30. The van der Waals surface area contributed by atoms with Crippen LogP contribution in [0.5, 0.6) is 0 Å². The van der Waals surface area contributed by atoms with Crippen molar-refractivity contribution in [2.75, 3.05) is 6.54 Å². The molecule has 0 radical (unpaired) electrons. The van der Waals surface area contributed by atoms with Crippen molar-refractivity contribution >= 4 is 12.0 Å². The maximum Gasteiger partial charge on any atom is 0.335 e. The lowest BCUT2D eigenvalue weighted by Gasteiger charge is -2.07. The predicted molar refractivity (Wildman–Crippen MR) is 73.1 cm³/mol. The normalized spacial score (nSPS) is 10.4. The molecular formula is C14H18N2O3. The Balaban J connectivity index is 2.31. The Labute approximate surface area is 112 Å². The monoisotopic (exact) mass is 262 g/mol. The number of benzene rings is 1. The van der Waals surface area contributed by atoms with Crippen LogP contribution in [0.15, 0.2) is 36.4 Å². The fourth-order valence-corrected chi connectivity index (χ4v) is 1.45. The Bertz CT molecular complexity index is 452. The van der Waals surface area contributed by atoms with Crippen LogP contribution < -0.4 is 10.6 Å². The number of hydrogen-bond acceptors (Lipinski definition) is 2. The first kappa shape index (κ1) is 14.8. The van der Waals surface area contributed by atoms with Gasteiger partial charge < -0.3 is 15.7 Å². The van der Waals surface area contributed by atoms with E-state index < -0.39 is 5.97 Å². The van der Waals surface area contributed by atoms with Gasteiger partial charge in [-0.1, -0.05) is 24.3 Å². The first-order valence-corrected chi connectivity index (χ1v) is 6.08. The molecule has 1 aromatic carbocycles. The van der Waals surface area contributed by atoms with Gasteiger partial charge in [0.25, 0.3) is 0 Å². The van der Waals surface area contributed by atoms with E-state index in [-0.39, 0.29) is 11.6 Å². The number of nitrogens with one attached hydrogen (secondary N) is 2. The van der Waals surface area contributed by atoms with Gasteiger partial charge in [0.2, 0.25) is 0 Å². The Morgan fingerprint density at radius 1 is 1.21 bits per heavy atom. The number of carboxylic acid groups (broad SMARTS) is 1. The van der Waals surface area contributed by atoms with E-state index in [9.17, 15) is 9.59 Å². The summed E-state index contributed by atoms with van der Waals surface area (Å²) in [5.41, 5.74) is 1.09. The van der Waals surface area contributed by atoms with Gasteiger partial charge in [-0.05, 0) is 31.0 Å². The van der Waals surface area contributed by atoms with Crippen molar-refractivity contribution < 1.29 is 14.7 Å². The fourth-order valence-electron chi connectivity index (χ4n) is 1.45. The van der Waals surface area contributed by atoms with Crippen LogP contribution in [0.25, 0.3) is 0 Å². The summed E-state index contributed by atoms with van der Waals surface area (Å²) >= 11 is 0. The molecule has 0 bridgehead atoms. The third kappa shape index (κ3) is 5.72. The molecule has 0 aromatic heterocycles. The van der Waals surface area contributed by atoms with Crippen molar-refractivity contribution in [3.05, 3.63) is 47.5 Å². The van der Waals surface area contributed by atoms with E-state index in [0.29, 0.717) is 13.1 Å². The van der Waals surface area contributed by atoms with Crippen molar-refractivity contribution in [3.8, 4) is 0 Å². The molecule has 5 heteroatoms. The lowest BCUT2D eigenvalue weighted by molar-refractivity contribution is 0.0697. The van der Waals surface area contributed by atoms with E-state index in [1.807, 2.05) is 19.1 Å². The van der Waals surface area contributed by atoms with Gasteiger partial charge in [-0.25, -0.2) is 9.59 Å². The van der Waals surface area contributed by atoms with Gasteiger partial charge in [0, 0.05) is 13.1 Å². The molecule has 1 rings (SSSR count). The summed E-state index contributed by atoms with van der Waals surface area (Å²) in [7, 11) is 0. The lowest BCUT2D eigenvalue weighted by Crippen LogP contribution is -2.35. The molecule has 0 atom stereocenters. The van der Waals surface area contributed by atoms with Gasteiger partial charge in [0.05, 0.1) is 5.56 Å². The Morgan fingerprint density at radius 2 is 1.89 bits per heavy atom. The van der Waals surface area contributed by atoms with Crippen LogP contribution in [0.4, 0.5) is 4.79 Å². The second-order valence-electron chi connectivity index (χ2n) is 3.97. The van der Waals surface area contributed by atoms with Crippen molar-refractivity contribution in [2.24, 2.45) is 0 Å². The van der Waals surface area contributed by atoms with Gasteiger partial charge in [0.15, 0.2) is 0 Å². The average molecular weight is 262 g/mol. The summed E-state index contributed by atoms with van der Waals surface area (Å²) < 4.78 is 0. The van der Waals surface area contributed by atoms with Gasteiger partial charge in [-0.3, -0.25) is 0 Å². The second-order valence-corrected chi connectivity index (χ2v) is 3.97. The molecule has 0 aliphatic heterocycles. The lowest BCUT2D eigenvalue weighted by atomic mass is 10.1. The van der Waals surface area contributed by atoms with Crippen molar-refractivity contribution in [1.82, 2.24) is 10.6 Å². The van der Waals surface area contributed by atoms with Crippen LogP contribution in [0, 0.1) is 0 Å². The molecule has 2 amide bonds. The van der Waals surface area contributed by atoms with E-state index in [2.05, 4.69) is 10.6 Å². The SMILES string of the molecule is C/C=C/CCNC(=O)NCc1ccc(C(=O)O)cc1. The highest BCUT2D eigenvalue weighted by Crippen LogP contribution is 2.03. The van der Waals surface area contributed by atoms with E-state index >= 15 is 0 Å². The minimum Gasteiger partial charge on any atom is -0.478 e. The summed E-state index contributed by atoms with van der Waals surface area (Å²) in [4.78, 5) is 22.1. The van der Waals surface area contributed by atoms with Crippen LogP contribution in [-0.2, 0) is 6.54 Å². The second kappa shape index (κ2) is 7.92. The molecule has 0 spiro atoms. The molecule has 0 aliphatic rings. The highest BCUT2D eigenvalue weighted by molar-refractivity contribution is 5.87. The molecule has 5 nitrogen and oxygen atoms in total. The Morgan fingerprint density at radius 3 is 2.47 bits per heavy atom. The number of allylic oxidation sites excluding steroid dienone is 1. The summed E-state index contributed by atoms with van der Waals surface area (Å²) in [5.74, 6) is -0.957. The maximum atomic E-state index is 11.4. The van der Waals surface area contributed by atoms with E-state index in [1.54, 1.807) is 12.1 Å². The molecule has 19 heavy (non-hydrogen) atoms. The van der Waals surface area contributed by atoms with Crippen molar-refractivity contribution in [1.29, 1.82) is 0 Å². The number of rotatable bonds is 6. The third-order valence-corrected chi connectivity index (χ3v) is 2.49. The van der Waals surface area contributed by atoms with Crippen molar-refractivity contribution in [3.63, 3.8) is 0 Å². The summed E-state index contributed by atoms with van der Waals surface area (Å²) in [5, 5.41) is 14.2. The number of aromatic carboxylic acids is 1. The zero-order valence-electron chi connectivity index (χ0n) is 10.8. The molecule has 102 valence electrons. The average Bonchev–Trinajstić information content (AvgIpc) is 2.42. The van der Waals surface area contributed by atoms with E-state index in [1.165, 1.54) is 12.1 Å². The number of carbonyl (C=O) groups is 2. The number of hydrogen-bond donors (Lipinski definition) is 3. The van der Waals surface area contributed by atoms with Gasteiger partial charge in [0.1, 0.15) is 0 Å². The fraction of sp³-hybridized carbons (Fsp3) is 0.286. The smallest absolute Gasteiger partial charge is 0.335 e. The van der Waals surface area contributed by atoms with Crippen LogP contribution in [-0.4, -0.2) is 23.7 Å². The summed E-state index contributed by atoms with van der Waals surface area (Å²) in [6, 6.07) is 6.17. The molecular weight excluding hydrogens is 244 g/mol. The van der Waals surface area contributed by atoms with Crippen LogP contribution in [0.1, 0.15) is 29.3 Å². The van der Waals surface area contributed by atoms with Crippen LogP contribution in [0.3, 0.4) is 0 Å². The number of urea groups is 1. The maximum absolute atomic E-state index is 11.4. The zero-order chi connectivity index (χ0) is 14.1. The first-order valence-electron chi connectivity index (χ1n) is 6.08. The van der Waals surface area contributed by atoms with Crippen LogP contribution >= 0.6 is 0 Å². The molecule has 0 fully saturated rings. The summed E-state index contributed by atoms with van der Waals surface area (Å²) in [6.45, 7) is 2.89. The standard InChI is InChI=1S/C14H18N2O3/c1-2-3-4-9-15-14(19)16-10-11-5-7-12(8-6-11)13(17)18/h2-3,5-8H,4,9-10H2,1H3,(H,17,18)(H2,15,16,19)/b3-2+. The molecule has 0 heterocycles. The number of carboxylic acids is 1. The quantitative estimate of drug-likeness (QED) is 0.543. The molecule has 0 unspecified atom stereocenters. The molecule has 0 saturated carbocycles. The number of carbonyl (C=O) groups excluding carboxylic acids is 1. The highest BCUT2D eigenvalue weighted by atomic mass is 16.4. The third-order valence-electron chi connectivity index (χ3n) is 2.49. The zero-order valence-corrected chi connectivity index (χ0v) is 10.8. The minimum absolute atomic E-state index is 0.230. The number of amides is 2. The Kier molecular flexibility index (Phi) is 6.15. The van der Waals surface area contributed by atoms with Gasteiger partial charge in [-0.15, -0.1) is 0 Å². The topological polar surface area (TPSA) is 78.4 Å². The molecule has 0 saturated heterocycles. The van der Waals surface area contributed by atoms with Crippen molar-refractivity contribution in [2.45, 2.75) is 19.9 Å². The molecule has 1 aromatic rings. The van der Waals surface area contributed by atoms with E-state index in [4.69, 9.17) is 5.11 Å². The van der Waals surface area contributed by atoms with Gasteiger partial charge >= 0.3 is 12.0 Å². The summed E-state index contributed by atoms with van der Waals surface area (Å²) in [6.07, 6.45) is 4.71. The highest BCUT2D eigenvalue weighted by Gasteiger charge is 2.02. The first-order chi connectivity index (χ1) is 9.13.